The number of esters is 1. The normalized spacial score (nSPS) is 10.6. The van der Waals surface area contributed by atoms with Gasteiger partial charge in [0.15, 0.2) is 0 Å². The number of amides is 1. The molecule has 1 heterocycles. The molecule has 3 rings (SSSR count). The quantitative estimate of drug-likeness (QED) is 0.336. The summed E-state index contributed by atoms with van der Waals surface area (Å²) in [7, 11) is 0. The number of rotatable bonds is 8. The SMILES string of the molecule is CCOC(=O)CCc1ccc(-c2ccc([N+](=O)[O-])cc2)n1-c1ccc(C(N)=O)cc1C. The molecule has 3 aromatic rings. The Bertz CT molecular complexity index is 1130. The zero-order chi connectivity index (χ0) is 22.5. The first-order valence-corrected chi connectivity index (χ1v) is 9.83. The molecule has 0 aliphatic carbocycles. The Labute approximate surface area is 179 Å². The zero-order valence-electron chi connectivity index (χ0n) is 17.3. The summed E-state index contributed by atoms with van der Waals surface area (Å²) in [5, 5.41) is 11.0. The number of primary amides is 1. The molecule has 1 aromatic heterocycles. The van der Waals surface area contributed by atoms with Crippen LogP contribution in [0.4, 0.5) is 5.69 Å². The van der Waals surface area contributed by atoms with Gasteiger partial charge in [-0.1, -0.05) is 0 Å². The van der Waals surface area contributed by atoms with Crippen LogP contribution in [0.25, 0.3) is 16.9 Å². The van der Waals surface area contributed by atoms with E-state index in [9.17, 15) is 19.7 Å². The first kappa shape index (κ1) is 21.8. The van der Waals surface area contributed by atoms with E-state index in [4.69, 9.17) is 10.5 Å². The maximum absolute atomic E-state index is 11.9. The van der Waals surface area contributed by atoms with Crippen molar-refractivity contribution in [1.82, 2.24) is 4.57 Å². The third-order valence-corrected chi connectivity index (χ3v) is 4.95. The molecule has 160 valence electrons. The molecule has 0 radical (unpaired) electrons. The molecule has 0 atom stereocenters. The van der Waals surface area contributed by atoms with Gasteiger partial charge in [-0.2, -0.15) is 0 Å². The van der Waals surface area contributed by atoms with Crippen molar-refractivity contribution in [3.8, 4) is 16.9 Å². The minimum absolute atomic E-state index is 0.00591. The molecule has 2 N–H and O–H groups in total. The third-order valence-electron chi connectivity index (χ3n) is 4.95. The lowest BCUT2D eigenvalue weighted by Gasteiger charge is -2.17. The fraction of sp³-hybridized carbons (Fsp3) is 0.217. The van der Waals surface area contributed by atoms with Crippen LogP contribution in [-0.4, -0.2) is 28.0 Å². The fourth-order valence-electron chi connectivity index (χ4n) is 3.46. The van der Waals surface area contributed by atoms with E-state index in [1.54, 1.807) is 37.3 Å². The number of benzene rings is 2. The molecular formula is C23H23N3O5. The maximum atomic E-state index is 11.9. The first-order chi connectivity index (χ1) is 14.8. The van der Waals surface area contributed by atoms with Crippen LogP contribution in [0.5, 0.6) is 0 Å². The Balaban J connectivity index is 2.08. The number of aromatic nitrogens is 1. The Morgan fingerprint density at radius 1 is 1.10 bits per heavy atom. The zero-order valence-corrected chi connectivity index (χ0v) is 17.3. The van der Waals surface area contributed by atoms with Crippen LogP contribution in [0.1, 0.15) is 35.0 Å². The van der Waals surface area contributed by atoms with Crippen LogP contribution >= 0.6 is 0 Å². The number of non-ortho nitro benzene ring substituents is 1. The lowest BCUT2D eigenvalue weighted by atomic mass is 10.1. The van der Waals surface area contributed by atoms with E-state index >= 15 is 0 Å². The van der Waals surface area contributed by atoms with E-state index in [1.165, 1.54) is 12.1 Å². The van der Waals surface area contributed by atoms with Crippen molar-refractivity contribution >= 4 is 17.6 Å². The van der Waals surface area contributed by atoms with Gasteiger partial charge in [-0.25, -0.2) is 0 Å². The number of hydrogen-bond donors (Lipinski definition) is 1. The van der Waals surface area contributed by atoms with E-state index in [0.29, 0.717) is 18.6 Å². The van der Waals surface area contributed by atoms with Gasteiger partial charge in [0.05, 0.1) is 23.6 Å². The maximum Gasteiger partial charge on any atom is 0.306 e. The molecule has 0 bridgehead atoms. The van der Waals surface area contributed by atoms with Crippen molar-refractivity contribution in [2.24, 2.45) is 5.73 Å². The monoisotopic (exact) mass is 421 g/mol. The predicted molar refractivity (Wildman–Crippen MR) is 116 cm³/mol. The number of hydrogen-bond acceptors (Lipinski definition) is 5. The second-order valence-electron chi connectivity index (χ2n) is 7.02. The van der Waals surface area contributed by atoms with Crippen molar-refractivity contribution in [2.45, 2.75) is 26.7 Å². The lowest BCUT2D eigenvalue weighted by molar-refractivity contribution is -0.384. The van der Waals surface area contributed by atoms with Gasteiger partial charge in [-0.15, -0.1) is 0 Å². The number of nitro groups is 1. The van der Waals surface area contributed by atoms with Gasteiger partial charge in [0.25, 0.3) is 5.69 Å². The average molecular weight is 421 g/mol. The summed E-state index contributed by atoms with van der Waals surface area (Å²) in [5.41, 5.74) is 9.92. The minimum atomic E-state index is -0.514. The van der Waals surface area contributed by atoms with Gasteiger partial charge in [0.1, 0.15) is 0 Å². The highest BCUT2D eigenvalue weighted by Gasteiger charge is 2.17. The molecule has 0 unspecified atom stereocenters. The lowest BCUT2D eigenvalue weighted by Crippen LogP contribution is -2.12. The number of carbonyl (C=O) groups is 2. The van der Waals surface area contributed by atoms with Crippen LogP contribution in [0.15, 0.2) is 54.6 Å². The Morgan fingerprint density at radius 3 is 2.39 bits per heavy atom. The smallest absolute Gasteiger partial charge is 0.306 e. The Morgan fingerprint density at radius 2 is 1.81 bits per heavy atom. The van der Waals surface area contributed by atoms with E-state index in [2.05, 4.69) is 0 Å². The highest BCUT2D eigenvalue weighted by Crippen LogP contribution is 2.30. The summed E-state index contributed by atoms with van der Waals surface area (Å²) in [6.07, 6.45) is 0.665. The second-order valence-corrected chi connectivity index (χ2v) is 7.02. The number of ether oxygens (including phenoxy) is 1. The topological polar surface area (TPSA) is 117 Å². The highest BCUT2D eigenvalue weighted by atomic mass is 16.6. The van der Waals surface area contributed by atoms with Crippen LogP contribution in [0.2, 0.25) is 0 Å². The number of nitro benzene ring substituents is 1. The summed E-state index contributed by atoms with van der Waals surface area (Å²) < 4.78 is 7.03. The molecule has 8 heteroatoms. The Hall–Kier alpha value is -3.94. The molecular weight excluding hydrogens is 398 g/mol. The summed E-state index contributed by atoms with van der Waals surface area (Å²) >= 11 is 0. The summed E-state index contributed by atoms with van der Waals surface area (Å²) in [6.45, 7) is 3.95. The van der Waals surface area contributed by atoms with Crippen LogP contribution in [-0.2, 0) is 16.0 Å². The number of nitrogens with zero attached hydrogens (tertiary/aromatic N) is 2. The minimum Gasteiger partial charge on any atom is -0.466 e. The van der Waals surface area contributed by atoms with Crippen molar-refractivity contribution in [2.75, 3.05) is 6.61 Å². The summed E-state index contributed by atoms with van der Waals surface area (Å²) in [5.74, 6) is -0.798. The standard InChI is InChI=1S/C23H23N3O5/c1-3-31-22(27)13-10-18-9-12-21(16-4-7-19(8-5-16)26(29)30)25(18)20-11-6-17(23(24)28)14-15(20)2/h4-9,11-12,14H,3,10,13H2,1-2H3,(H2,24,28). The van der Waals surface area contributed by atoms with Crippen LogP contribution in [0, 0.1) is 17.0 Å². The van der Waals surface area contributed by atoms with Crippen molar-refractivity contribution < 1.29 is 19.2 Å². The Kier molecular flexibility index (Phi) is 6.49. The van der Waals surface area contributed by atoms with Gasteiger partial charge in [0, 0.05) is 29.1 Å². The largest absolute Gasteiger partial charge is 0.466 e. The molecule has 0 aliphatic heterocycles. The molecule has 31 heavy (non-hydrogen) atoms. The van der Waals surface area contributed by atoms with E-state index in [0.717, 1.165) is 28.2 Å². The molecule has 2 aromatic carbocycles. The molecule has 8 nitrogen and oxygen atoms in total. The first-order valence-electron chi connectivity index (χ1n) is 9.83. The molecule has 0 spiro atoms. The van der Waals surface area contributed by atoms with Gasteiger partial charge < -0.3 is 15.0 Å². The van der Waals surface area contributed by atoms with Crippen LogP contribution < -0.4 is 5.73 Å². The number of aryl methyl sites for hydroxylation is 2. The van der Waals surface area contributed by atoms with Gasteiger partial charge in [-0.05, 0) is 73.9 Å². The van der Waals surface area contributed by atoms with Crippen molar-refractivity contribution in [3.05, 3.63) is 81.5 Å². The van der Waals surface area contributed by atoms with E-state index in [-0.39, 0.29) is 18.1 Å². The van der Waals surface area contributed by atoms with Crippen molar-refractivity contribution in [3.63, 3.8) is 0 Å². The second kappa shape index (κ2) is 9.25. The molecule has 0 saturated heterocycles. The number of nitrogens with two attached hydrogens (primary N) is 1. The molecule has 0 fully saturated rings. The van der Waals surface area contributed by atoms with Gasteiger partial charge >= 0.3 is 5.97 Å². The van der Waals surface area contributed by atoms with Gasteiger partial charge in [0.2, 0.25) is 5.91 Å². The average Bonchev–Trinajstić information content (AvgIpc) is 3.16. The van der Waals surface area contributed by atoms with E-state index in [1.807, 2.05) is 23.6 Å². The number of carbonyl (C=O) groups excluding carboxylic acids is 2. The van der Waals surface area contributed by atoms with Crippen LogP contribution in [0.3, 0.4) is 0 Å². The summed E-state index contributed by atoms with van der Waals surface area (Å²) in [4.78, 5) is 34.0. The van der Waals surface area contributed by atoms with Gasteiger partial charge in [-0.3, -0.25) is 19.7 Å². The van der Waals surface area contributed by atoms with Crippen molar-refractivity contribution in [1.29, 1.82) is 0 Å². The molecule has 1 amide bonds. The van der Waals surface area contributed by atoms with E-state index < -0.39 is 10.8 Å². The third kappa shape index (κ3) is 4.80. The highest BCUT2D eigenvalue weighted by molar-refractivity contribution is 5.93. The summed E-state index contributed by atoms with van der Waals surface area (Å²) in [6, 6.07) is 15.3. The predicted octanol–water partition coefficient (Wildman–Crippen LogP) is 3.96. The fourth-order valence-corrected chi connectivity index (χ4v) is 3.46. The molecule has 0 aliphatic rings. The molecule has 0 saturated carbocycles.